The van der Waals surface area contributed by atoms with Crippen molar-refractivity contribution in [2.75, 3.05) is 25.0 Å². The van der Waals surface area contributed by atoms with Gasteiger partial charge in [-0.25, -0.2) is 4.99 Å². The van der Waals surface area contributed by atoms with Gasteiger partial charge in [-0.15, -0.1) is 0 Å². The minimum atomic E-state index is -0.0744. The van der Waals surface area contributed by atoms with Gasteiger partial charge < -0.3 is 20.7 Å². The molecule has 0 saturated heterocycles. The lowest BCUT2D eigenvalue weighted by molar-refractivity contribution is -0.114. The third-order valence-electron chi connectivity index (χ3n) is 3.86. The number of rotatable bonds is 10. The number of anilines is 1. The summed E-state index contributed by atoms with van der Waals surface area (Å²) in [6, 6.07) is 7.74. The van der Waals surface area contributed by atoms with Crippen molar-refractivity contribution in [2.24, 2.45) is 10.9 Å². The molecule has 1 amide bonds. The van der Waals surface area contributed by atoms with Crippen LogP contribution in [0.4, 0.5) is 5.69 Å². The topological polar surface area (TPSA) is 74.8 Å². The molecule has 0 aliphatic carbocycles. The summed E-state index contributed by atoms with van der Waals surface area (Å²) in [5.41, 5.74) is 1.84. The van der Waals surface area contributed by atoms with E-state index in [0.29, 0.717) is 12.5 Å². The molecule has 0 radical (unpaired) electrons. The molecule has 1 aromatic carbocycles. The quantitative estimate of drug-likeness (QED) is 0.441. The molecule has 0 aromatic heterocycles. The fraction of sp³-hybridized carbons (Fsp3) is 0.600. The summed E-state index contributed by atoms with van der Waals surface area (Å²) in [5, 5.41) is 9.43. The van der Waals surface area contributed by atoms with Gasteiger partial charge in [0, 0.05) is 32.3 Å². The lowest BCUT2D eigenvalue weighted by Gasteiger charge is -2.21. The Morgan fingerprint density at radius 3 is 2.62 bits per heavy atom. The number of guanidine groups is 1. The minimum absolute atomic E-state index is 0.0744. The average Bonchev–Trinajstić information content (AvgIpc) is 2.58. The number of nitrogens with zero attached hydrogens (tertiary/aromatic N) is 1. The maximum Gasteiger partial charge on any atom is 0.221 e. The molecule has 0 heterocycles. The third kappa shape index (κ3) is 8.85. The SMILES string of the molecule is CCNC(=NCc1cccc(NC(C)=O)c1)NCCC(OCC)C(C)C. The van der Waals surface area contributed by atoms with Crippen LogP contribution in [0.3, 0.4) is 0 Å². The molecule has 3 N–H and O–H groups in total. The molecular weight excluding hydrogens is 328 g/mol. The monoisotopic (exact) mass is 362 g/mol. The maximum atomic E-state index is 11.2. The number of carbonyl (C=O) groups is 1. The number of benzene rings is 1. The Morgan fingerprint density at radius 2 is 2.00 bits per heavy atom. The van der Waals surface area contributed by atoms with E-state index in [9.17, 15) is 4.79 Å². The van der Waals surface area contributed by atoms with Crippen LogP contribution in [0.1, 0.15) is 46.6 Å². The van der Waals surface area contributed by atoms with E-state index in [0.717, 1.165) is 43.3 Å². The van der Waals surface area contributed by atoms with E-state index in [1.807, 2.05) is 38.1 Å². The van der Waals surface area contributed by atoms with E-state index in [1.54, 1.807) is 0 Å². The van der Waals surface area contributed by atoms with Gasteiger partial charge in [-0.05, 0) is 43.9 Å². The highest BCUT2D eigenvalue weighted by atomic mass is 16.5. The number of aliphatic imine (C=N–C) groups is 1. The number of hydrogen-bond acceptors (Lipinski definition) is 3. The second-order valence-corrected chi connectivity index (χ2v) is 6.53. The molecule has 0 fully saturated rings. The first-order valence-electron chi connectivity index (χ1n) is 9.46. The highest BCUT2D eigenvalue weighted by Crippen LogP contribution is 2.12. The van der Waals surface area contributed by atoms with Crippen LogP contribution in [-0.2, 0) is 16.1 Å². The van der Waals surface area contributed by atoms with Gasteiger partial charge in [-0.2, -0.15) is 0 Å². The number of amides is 1. The summed E-state index contributed by atoms with van der Waals surface area (Å²) in [4.78, 5) is 15.8. The van der Waals surface area contributed by atoms with Crippen LogP contribution in [0.2, 0.25) is 0 Å². The first-order chi connectivity index (χ1) is 12.5. The fourth-order valence-corrected chi connectivity index (χ4v) is 2.62. The molecule has 6 nitrogen and oxygen atoms in total. The van der Waals surface area contributed by atoms with Crippen molar-refractivity contribution < 1.29 is 9.53 Å². The number of carbonyl (C=O) groups excluding carboxylic acids is 1. The minimum Gasteiger partial charge on any atom is -0.378 e. The number of hydrogen-bond donors (Lipinski definition) is 3. The average molecular weight is 363 g/mol. The molecule has 1 unspecified atom stereocenters. The predicted molar refractivity (Wildman–Crippen MR) is 108 cm³/mol. The van der Waals surface area contributed by atoms with Gasteiger partial charge in [0.05, 0.1) is 12.6 Å². The van der Waals surface area contributed by atoms with Gasteiger partial charge in [0.15, 0.2) is 5.96 Å². The van der Waals surface area contributed by atoms with E-state index < -0.39 is 0 Å². The Hall–Kier alpha value is -2.08. The van der Waals surface area contributed by atoms with Crippen molar-refractivity contribution in [1.82, 2.24) is 10.6 Å². The Labute approximate surface area is 157 Å². The number of nitrogens with one attached hydrogen (secondary N) is 3. The lowest BCUT2D eigenvalue weighted by atomic mass is 10.0. The zero-order valence-electron chi connectivity index (χ0n) is 16.8. The van der Waals surface area contributed by atoms with E-state index in [1.165, 1.54) is 6.92 Å². The molecule has 0 bridgehead atoms. The first kappa shape index (κ1) is 22.0. The molecule has 0 aliphatic rings. The van der Waals surface area contributed by atoms with Crippen molar-refractivity contribution in [3.05, 3.63) is 29.8 Å². The van der Waals surface area contributed by atoms with Gasteiger partial charge in [-0.3, -0.25) is 4.79 Å². The molecule has 1 atom stereocenters. The molecule has 0 saturated carbocycles. The van der Waals surface area contributed by atoms with Gasteiger partial charge >= 0.3 is 0 Å². The van der Waals surface area contributed by atoms with Crippen molar-refractivity contribution in [3.63, 3.8) is 0 Å². The van der Waals surface area contributed by atoms with E-state index in [4.69, 9.17) is 4.74 Å². The summed E-state index contributed by atoms with van der Waals surface area (Å²) >= 11 is 0. The van der Waals surface area contributed by atoms with E-state index >= 15 is 0 Å². The van der Waals surface area contributed by atoms with Crippen LogP contribution in [0.5, 0.6) is 0 Å². The highest BCUT2D eigenvalue weighted by molar-refractivity contribution is 5.88. The molecule has 6 heteroatoms. The Morgan fingerprint density at radius 1 is 1.23 bits per heavy atom. The summed E-state index contributed by atoms with van der Waals surface area (Å²) in [7, 11) is 0. The van der Waals surface area contributed by atoms with Crippen molar-refractivity contribution in [2.45, 2.75) is 53.7 Å². The molecule has 26 heavy (non-hydrogen) atoms. The molecule has 0 aliphatic heterocycles. The van der Waals surface area contributed by atoms with Gasteiger partial charge in [0.25, 0.3) is 0 Å². The van der Waals surface area contributed by atoms with Gasteiger partial charge in [0.2, 0.25) is 5.91 Å². The fourth-order valence-electron chi connectivity index (χ4n) is 2.62. The smallest absolute Gasteiger partial charge is 0.221 e. The van der Waals surface area contributed by atoms with Crippen LogP contribution in [0.15, 0.2) is 29.3 Å². The summed E-state index contributed by atoms with van der Waals surface area (Å²) in [6.07, 6.45) is 1.19. The lowest BCUT2D eigenvalue weighted by Crippen LogP contribution is -2.39. The summed E-state index contributed by atoms with van der Waals surface area (Å²) in [5.74, 6) is 1.21. The van der Waals surface area contributed by atoms with Crippen LogP contribution in [0, 0.1) is 5.92 Å². The molecule has 1 aromatic rings. The van der Waals surface area contributed by atoms with Crippen LogP contribution < -0.4 is 16.0 Å². The van der Waals surface area contributed by atoms with E-state index in [-0.39, 0.29) is 12.0 Å². The largest absolute Gasteiger partial charge is 0.378 e. The summed E-state index contributed by atoms with van der Waals surface area (Å²) < 4.78 is 5.78. The maximum absolute atomic E-state index is 11.2. The molecular formula is C20H34N4O2. The number of ether oxygens (including phenoxy) is 1. The Balaban J connectivity index is 2.61. The van der Waals surface area contributed by atoms with Crippen LogP contribution >= 0.6 is 0 Å². The van der Waals surface area contributed by atoms with Gasteiger partial charge in [0.1, 0.15) is 0 Å². The molecule has 0 spiro atoms. The zero-order chi connectivity index (χ0) is 19.4. The van der Waals surface area contributed by atoms with Crippen LogP contribution in [-0.4, -0.2) is 37.7 Å². The molecule has 1 rings (SSSR count). The normalized spacial score (nSPS) is 12.8. The molecule has 146 valence electrons. The standard InChI is InChI=1S/C20H34N4O2/c1-6-21-20(22-12-11-19(15(3)4)26-7-2)23-14-17-9-8-10-18(13-17)24-16(5)25/h8-10,13,15,19H,6-7,11-12,14H2,1-5H3,(H,24,25)(H2,21,22,23). The zero-order valence-corrected chi connectivity index (χ0v) is 16.8. The highest BCUT2D eigenvalue weighted by Gasteiger charge is 2.12. The van der Waals surface area contributed by atoms with Gasteiger partial charge in [-0.1, -0.05) is 26.0 Å². The second kappa shape index (κ2) is 12.3. The Bertz CT molecular complexity index is 573. The first-order valence-corrected chi connectivity index (χ1v) is 9.46. The predicted octanol–water partition coefficient (Wildman–Crippen LogP) is 3.15. The Kier molecular flexibility index (Phi) is 10.4. The van der Waals surface area contributed by atoms with Crippen LogP contribution in [0.25, 0.3) is 0 Å². The third-order valence-corrected chi connectivity index (χ3v) is 3.86. The van der Waals surface area contributed by atoms with Crippen molar-refractivity contribution >= 4 is 17.6 Å². The van der Waals surface area contributed by atoms with Crippen molar-refractivity contribution in [1.29, 1.82) is 0 Å². The summed E-state index contributed by atoms with van der Waals surface area (Å²) in [6.45, 7) is 12.8. The van der Waals surface area contributed by atoms with Crippen molar-refractivity contribution in [3.8, 4) is 0 Å². The van der Waals surface area contributed by atoms with E-state index in [2.05, 4.69) is 34.8 Å². The second-order valence-electron chi connectivity index (χ2n) is 6.53.